The van der Waals surface area contributed by atoms with Crippen LogP contribution in [0.3, 0.4) is 0 Å². The normalized spacial score (nSPS) is 17.7. The van der Waals surface area contributed by atoms with Crippen molar-refractivity contribution >= 4 is 34.0 Å². The van der Waals surface area contributed by atoms with Gasteiger partial charge in [-0.25, -0.2) is 4.98 Å². The maximum Gasteiger partial charge on any atom is 0.259 e. The summed E-state index contributed by atoms with van der Waals surface area (Å²) in [4.78, 5) is 21.3. The third-order valence-electron chi connectivity index (χ3n) is 5.05. The van der Waals surface area contributed by atoms with Gasteiger partial charge in [-0.2, -0.15) is 5.26 Å². The first-order valence-corrected chi connectivity index (χ1v) is 10.4. The van der Waals surface area contributed by atoms with Crippen molar-refractivity contribution in [1.82, 2.24) is 20.2 Å². The van der Waals surface area contributed by atoms with E-state index in [-0.39, 0.29) is 22.9 Å². The Morgan fingerprint density at radius 3 is 2.80 bits per heavy atom. The predicted molar refractivity (Wildman–Crippen MR) is 113 cm³/mol. The van der Waals surface area contributed by atoms with E-state index in [9.17, 15) is 4.79 Å². The Morgan fingerprint density at radius 2 is 2.10 bits per heavy atom. The standard InChI is InChI=1S/C20H17ClN6O2S/c1-10-5-13(14-6-17(21)24-9-16(14)29-2)15(8-23-10)18(28)25-20-27-26-19(30-20)12-4-3-11(12)7-22/h5-6,8-9,11-12H,3-4H2,1-2H3,(H,25,27,28). The van der Waals surface area contributed by atoms with Crippen LogP contribution in [0.4, 0.5) is 5.13 Å². The van der Waals surface area contributed by atoms with Crippen LogP contribution < -0.4 is 10.1 Å². The zero-order valence-electron chi connectivity index (χ0n) is 16.2. The number of aryl methyl sites for hydroxylation is 1. The number of hydrogen-bond donors (Lipinski definition) is 1. The quantitative estimate of drug-likeness (QED) is 0.590. The highest BCUT2D eigenvalue weighted by atomic mass is 35.5. The minimum Gasteiger partial charge on any atom is -0.494 e. The molecule has 0 aliphatic heterocycles. The number of aromatic nitrogens is 4. The Bertz CT molecular complexity index is 1160. The SMILES string of the molecule is COc1cnc(Cl)cc1-c1cc(C)ncc1C(=O)Nc1nnc(C2CCC2C#N)s1. The second-order valence-corrected chi connectivity index (χ2v) is 8.29. The van der Waals surface area contributed by atoms with Gasteiger partial charge in [0.05, 0.1) is 30.9 Å². The second kappa shape index (κ2) is 8.34. The van der Waals surface area contributed by atoms with E-state index in [0.29, 0.717) is 27.6 Å². The second-order valence-electron chi connectivity index (χ2n) is 6.90. The largest absolute Gasteiger partial charge is 0.494 e. The summed E-state index contributed by atoms with van der Waals surface area (Å²) in [5.41, 5.74) is 2.34. The van der Waals surface area contributed by atoms with E-state index < -0.39 is 0 Å². The van der Waals surface area contributed by atoms with Crippen molar-refractivity contribution in [3.8, 4) is 22.9 Å². The summed E-state index contributed by atoms with van der Waals surface area (Å²) in [5, 5.41) is 21.6. The van der Waals surface area contributed by atoms with Crippen LogP contribution in [0.15, 0.2) is 24.5 Å². The summed E-state index contributed by atoms with van der Waals surface area (Å²) in [6, 6.07) is 5.73. The Morgan fingerprint density at radius 1 is 1.27 bits per heavy atom. The lowest BCUT2D eigenvalue weighted by atomic mass is 9.75. The molecule has 4 rings (SSSR count). The molecule has 8 nitrogen and oxygen atoms in total. The van der Waals surface area contributed by atoms with Crippen molar-refractivity contribution in [1.29, 1.82) is 5.26 Å². The van der Waals surface area contributed by atoms with Crippen molar-refractivity contribution in [3.05, 3.63) is 45.9 Å². The van der Waals surface area contributed by atoms with Gasteiger partial charge < -0.3 is 4.74 Å². The summed E-state index contributed by atoms with van der Waals surface area (Å²) in [6.45, 7) is 1.84. The lowest BCUT2D eigenvalue weighted by Gasteiger charge is -2.28. The fraction of sp³-hybridized carbons (Fsp3) is 0.300. The van der Waals surface area contributed by atoms with Crippen molar-refractivity contribution in [2.24, 2.45) is 5.92 Å². The molecule has 3 heterocycles. The minimum absolute atomic E-state index is 0.0293. The Hall–Kier alpha value is -3.09. The number of pyridine rings is 2. The molecule has 0 bridgehead atoms. The smallest absolute Gasteiger partial charge is 0.259 e. The summed E-state index contributed by atoms with van der Waals surface area (Å²) in [5.74, 6) is 0.182. The number of hydrogen-bond acceptors (Lipinski definition) is 8. The van der Waals surface area contributed by atoms with E-state index in [1.807, 2.05) is 6.92 Å². The number of rotatable bonds is 5. The Labute approximate surface area is 181 Å². The molecule has 1 N–H and O–H groups in total. The average Bonchev–Trinajstić information content (AvgIpc) is 3.14. The van der Waals surface area contributed by atoms with Gasteiger partial charge in [-0.1, -0.05) is 22.9 Å². The lowest BCUT2D eigenvalue weighted by Crippen LogP contribution is -2.21. The number of anilines is 1. The van der Waals surface area contributed by atoms with Gasteiger partial charge in [0.1, 0.15) is 15.9 Å². The first-order chi connectivity index (χ1) is 14.5. The Kier molecular flexibility index (Phi) is 5.61. The molecule has 1 fully saturated rings. The minimum atomic E-state index is -0.374. The number of amides is 1. The fourth-order valence-electron chi connectivity index (χ4n) is 3.30. The van der Waals surface area contributed by atoms with Crippen LogP contribution in [0.25, 0.3) is 11.1 Å². The molecule has 0 spiro atoms. The molecule has 0 radical (unpaired) electrons. The average molecular weight is 441 g/mol. The van der Waals surface area contributed by atoms with Gasteiger partial charge in [0, 0.05) is 28.9 Å². The predicted octanol–water partition coefficient (Wildman–Crippen LogP) is 4.24. The number of carbonyl (C=O) groups excluding carboxylic acids is 1. The summed E-state index contributed by atoms with van der Waals surface area (Å²) < 4.78 is 5.40. The molecule has 0 saturated heterocycles. The maximum absolute atomic E-state index is 13.0. The zero-order valence-corrected chi connectivity index (χ0v) is 17.8. The summed E-state index contributed by atoms with van der Waals surface area (Å²) >= 11 is 7.37. The van der Waals surface area contributed by atoms with Crippen molar-refractivity contribution in [2.45, 2.75) is 25.7 Å². The summed E-state index contributed by atoms with van der Waals surface area (Å²) in [6.07, 6.45) is 4.80. The van der Waals surface area contributed by atoms with Crippen LogP contribution in [0.2, 0.25) is 5.15 Å². The highest BCUT2D eigenvalue weighted by molar-refractivity contribution is 7.15. The third kappa shape index (κ3) is 3.84. The van der Waals surface area contributed by atoms with E-state index in [1.165, 1.54) is 30.8 Å². The molecule has 2 atom stereocenters. The number of nitriles is 1. The van der Waals surface area contributed by atoms with Gasteiger partial charge >= 0.3 is 0 Å². The van der Waals surface area contributed by atoms with Gasteiger partial charge in [0.2, 0.25) is 5.13 Å². The van der Waals surface area contributed by atoms with Crippen LogP contribution >= 0.6 is 22.9 Å². The Balaban J connectivity index is 1.64. The number of halogens is 1. The van der Waals surface area contributed by atoms with Crippen molar-refractivity contribution in [3.63, 3.8) is 0 Å². The van der Waals surface area contributed by atoms with Gasteiger partial charge in [-0.15, -0.1) is 10.2 Å². The van der Waals surface area contributed by atoms with E-state index in [2.05, 4.69) is 31.6 Å². The maximum atomic E-state index is 13.0. The molecule has 0 aromatic carbocycles. The fourth-order valence-corrected chi connectivity index (χ4v) is 4.40. The number of methoxy groups -OCH3 is 1. The first-order valence-electron chi connectivity index (χ1n) is 9.21. The van der Waals surface area contributed by atoms with Gasteiger partial charge in [0.15, 0.2) is 0 Å². The van der Waals surface area contributed by atoms with E-state index in [1.54, 1.807) is 12.1 Å². The van der Waals surface area contributed by atoms with E-state index >= 15 is 0 Å². The van der Waals surface area contributed by atoms with E-state index in [4.69, 9.17) is 21.6 Å². The highest BCUT2D eigenvalue weighted by Gasteiger charge is 2.35. The molecule has 1 aliphatic rings. The molecule has 10 heteroatoms. The van der Waals surface area contributed by atoms with Crippen LogP contribution in [0, 0.1) is 24.2 Å². The molecule has 30 heavy (non-hydrogen) atoms. The third-order valence-corrected chi connectivity index (χ3v) is 6.23. The van der Waals surface area contributed by atoms with E-state index in [0.717, 1.165) is 23.5 Å². The molecule has 2 unspecified atom stereocenters. The van der Waals surface area contributed by atoms with Crippen LogP contribution in [0.5, 0.6) is 5.75 Å². The van der Waals surface area contributed by atoms with Crippen molar-refractivity contribution < 1.29 is 9.53 Å². The van der Waals surface area contributed by atoms with Gasteiger partial charge in [-0.05, 0) is 31.9 Å². The van der Waals surface area contributed by atoms with Gasteiger partial charge in [-0.3, -0.25) is 15.1 Å². The van der Waals surface area contributed by atoms with Gasteiger partial charge in [0.25, 0.3) is 5.91 Å². The molecule has 3 aromatic rings. The topological polar surface area (TPSA) is 114 Å². The monoisotopic (exact) mass is 440 g/mol. The molecule has 1 amide bonds. The van der Waals surface area contributed by atoms with Crippen LogP contribution in [0.1, 0.15) is 39.8 Å². The number of nitrogens with zero attached hydrogens (tertiary/aromatic N) is 5. The molecular formula is C20H17ClN6O2S. The molecule has 1 aliphatic carbocycles. The molecule has 1 saturated carbocycles. The lowest BCUT2D eigenvalue weighted by molar-refractivity contribution is 0.102. The highest BCUT2D eigenvalue weighted by Crippen LogP contribution is 2.43. The molecule has 152 valence electrons. The van der Waals surface area contributed by atoms with Crippen molar-refractivity contribution in [2.75, 3.05) is 12.4 Å². The summed E-state index contributed by atoms with van der Waals surface area (Å²) in [7, 11) is 1.53. The molecule has 3 aromatic heterocycles. The first kappa shape index (κ1) is 20.2. The van der Waals surface area contributed by atoms with Crippen LogP contribution in [-0.4, -0.2) is 33.2 Å². The van der Waals surface area contributed by atoms with Crippen LogP contribution in [-0.2, 0) is 0 Å². The number of carbonyl (C=O) groups is 1. The number of ether oxygens (including phenoxy) is 1. The number of nitrogens with one attached hydrogen (secondary N) is 1. The zero-order chi connectivity index (χ0) is 21.3. The molecular weight excluding hydrogens is 424 g/mol.